The molecule has 132 valence electrons. The van der Waals surface area contributed by atoms with Gasteiger partial charge in [0.25, 0.3) is 0 Å². The molecule has 0 fully saturated rings. The predicted molar refractivity (Wildman–Crippen MR) is 97.2 cm³/mol. The molecule has 25 heavy (non-hydrogen) atoms. The Kier molecular flexibility index (Phi) is 6.04. The van der Waals surface area contributed by atoms with Crippen LogP contribution in [0.25, 0.3) is 0 Å². The van der Waals surface area contributed by atoms with Gasteiger partial charge >= 0.3 is 5.97 Å². The Labute approximate surface area is 151 Å². The van der Waals surface area contributed by atoms with Crippen LogP contribution in [0.3, 0.4) is 0 Å². The SMILES string of the molecule is COc1ccc(N(C)C(=O)CC(Cl)(CC(=O)O)c2ccccc2)cc1. The number of aliphatic carboxylic acids is 1. The number of carboxylic acids is 1. The van der Waals surface area contributed by atoms with E-state index in [1.165, 1.54) is 4.90 Å². The molecule has 0 aromatic heterocycles. The topological polar surface area (TPSA) is 66.8 Å². The highest BCUT2D eigenvalue weighted by Crippen LogP contribution is 2.37. The van der Waals surface area contributed by atoms with Crippen LogP contribution in [0, 0.1) is 0 Å². The minimum Gasteiger partial charge on any atom is -0.497 e. The van der Waals surface area contributed by atoms with Crippen LogP contribution in [0.4, 0.5) is 5.69 Å². The number of rotatable bonds is 7. The first kappa shape index (κ1) is 18.8. The van der Waals surface area contributed by atoms with Crippen LogP contribution in [0.2, 0.25) is 0 Å². The van der Waals surface area contributed by atoms with Gasteiger partial charge in [-0.05, 0) is 29.8 Å². The van der Waals surface area contributed by atoms with E-state index in [1.54, 1.807) is 62.7 Å². The van der Waals surface area contributed by atoms with Crippen molar-refractivity contribution in [2.75, 3.05) is 19.1 Å². The molecule has 2 rings (SSSR count). The zero-order valence-electron chi connectivity index (χ0n) is 14.1. The van der Waals surface area contributed by atoms with Crippen molar-refractivity contribution < 1.29 is 19.4 Å². The van der Waals surface area contributed by atoms with E-state index in [2.05, 4.69) is 0 Å². The molecule has 6 heteroatoms. The van der Waals surface area contributed by atoms with Crippen molar-refractivity contribution in [2.24, 2.45) is 0 Å². The van der Waals surface area contributed by atoms with Crippen molar-refractivity contribution in [1.29, 1.82) is 0 Å². The molecule has 0 aliphatic carbocycles. The number of halogens is 1. The third-order valence-electron chi connectivity index (χ3n) is 3.99. The smallest absolute Gasteiger partial charge is 0.305 e. The lowest BCUT2D eigenvalue weighted by atomic mass is 9.91. The minimum absolute atomic E-state index is 0.132. The number of ether oxygens (including phenoxy) is 1. The van der Waals surface area contributed by atoms with Gasteiger partial charge in [-0.15, -0.1) is 11.6 Å². The third-order valence-corrected chi connectivity index (χ3v) is 4.47. The monoisotopic (exact) mass is 361 g/mol. The molecule has 0 radical (unpaired) electrons. The molecule has 1 unspecified atom stereocenters. The molecule has 1 amide bonds. The van der Waals surface area contributed by atoms with E-state index in [0.29, 0.717) is 17.0 Å². The molecule has 0 aliphatic rings. The fourth-order valence-corrected chi connectivity index (χ4v) is 2.91. The van der Waals surface area contributed by atoms with Crippen LogP contribution >= 0.6 is 11.6 Å². The number of carbonyl (C=O) groups is 2. The molecule has 1 atom stereocenters. The number of nitrogens with zero attached hydrogens (tertiary/aromatic N) is 1. The highest BCUT2D eigenvalue weighted by molar-refractivity contribution is 6.26. The van der Waals surface area contributed by atoms with Crippen molar-refractivity contribution in [3.05, 3.63) is 60.2 Å². The van der Waals surface area contributed by atoms with Crippen molar-refractivity contribution in [3.63, 3.8) is 0 Å². The first-order chi connectivity index (χ1) is 11.9. The summed E-state index contributed by atoms with van der Waals surface area (Å²) in [5.74, 6) is -0.643. The van der Waals surface area contributed by atoms with Gasteiger partial charge in [0.15, 0.2) is 0 Å². The molecular weight excluding hydrogens is 342 g/mol. The number of carbonyl (C=O) groups excluding carboxylic acids is 1. The summed E-state index contributed by atoms with van der Waals surface area (Å²) in [5, 5.41) is 9.21. The summed E-state index contributed by atoms with van der Waals surface area (Å²) in [7, 11) is 3.20. The van der Waals surface area contributed by atoms with E-state index in [9.17, 15) is 14.7 Å². The van der Waals surface area contributed by atoms with Crippen LogP contribution in [0.5, 0.6) is 5.75 Å². The minimum atomic E-state index is -1.30. The Morgan fingerprint density at radius 3 is 2.20 bits per heavy atom. The molecule has 0 saturated heterocycles. The second-order valence-electron chi connectivity index (χ2n) is 5.73. The lowest BCUT2D eigenvalue weighted by Gasteiger charge is -2.28. The van der Waals surface area contributed by atoms with E-state index in [-0.39, 0.29) is 18.7 Å². The molecular formula is C19H20ClNO4. The summed E-state index contributed by atoms with van der Waals surface area (Å²) in [5.41, 5.74) is 1.28. The van der Waals surface area contributed by atoms with Crippen molar-refractivity contribution in [1.82, 2.24) is 0 Å². The van der Waals surface area contributed by atoms with Crippen LogP contribution < -0.4 is 9.64 Å². The average molecular weight is 362 g/mol. The van der Waals surface area contributed by atoms with Crippen LogP contribution in [-0.4, -0.2) is 31.1 Å². The number of hydrogen-bond donors (Lipinski definition) is 1. The highest BCUT2D eigenvalue weighted by Gasteiger charge is 2.36. The molecule has 5 nitrogen and oxygen atoms in total. The van der Waals surface area contributed by atoms with E-state index >= 15 is 0 Å². The molecule has 2 aromatic rings. The quantitative estimate of drug-likeness (QED) is 0.764. The van der Waals surface area contributed by atoms with Gasteiger partial charge in [0, 0.05) is 12.7 Å². The molecule has 2 aromatic carbocycles. The van der Waals surface area contributed by atoms with Crippen molar-refractivity contribution in [2.45, 2.75) is 17.7 Å². The summed E-state index contributed by atoms with van der Waals surface area (Å²) in [4.78, 5) is 24.1. The number of amides is 1. The van der Waals surface area contributed by atoms with Crippen LogP contribution in [0.1, 0.15) is 18.4 Å². The largest absolute Gasteiger partial charge is 0.497 e. The van der Waals surface area contributed by atoms with Gasteiger partial charge in [0.2, 0.25) is 5.91 Å². The zero-order chi connectivity index (χ0) is 18.4. The van der Waals surface area contributed by atoms with Gasteiger partial charge in [-0.2, -0.15) is 0 Å². The normalized spacial score (nSPS) is 12.9. The molecule has 0 saturated carbocycles. The molecule has 1 N–H and O–H groups in total. The van der Waals surface area contributed by atoms with E-state index in [1.807, 2.05) is 6.07 Å². The maximum absolute atomic E-state index is 12.7. The number of methoxy groups -OCH3 is 1. The van der Waals surface area contributed by atoms with E-state index in [0.717, 1.165) is 0 Å². The van der Waals surface area contributed by atoms with E-state index in [4.69, 9.17) is 16.3 Å². The van der Waals surface area contributed by atoms with Gasteiger partial charge in [-0.1, -0.05) is 30.3 Å². The summed E-state index contributed by atoms with van der Waals surface area (Å²) < 4.78 is 5.10. The maximum Gasteiger partial charge on any atom is 0.305 e. The number of hydrogen-bond acceptors (Lipinski definition) is 3. The van der Waals surface area contributed by atoms with Gasteiger partial charge in [-0.25, -0.2) is 0 Å². The van der Waals surface area contributed by atoms with Gasteiger partial charge in [-0.3, -0.25) is 9.59 Å². The number of benzene rings is 2. The van der Waals surface area contributed by atoms with Gasteiger partial charge in [0.1, 0.15) is 5.75 Å². The van der Waals surface area contributed by atoms with Crippen molar-refractivity contribution in [3.8, 4) is 5.75 Å². The third kappa shape index (κ3) is 4.73. The summed E-state index contributed by atoms with van der Waals surface area (Å²) in [6.07, 6.45) is -0.478. The Bertz CT molecular complexity index is 733. The molecule has 0 heterocycles. The predicted octanol–water partition coefficient (Wildman–Crippen LogP) is 3.66. The van der Waals surface area contributed by atoms with Gasteiger partial charge in [0.05, 0.1) is 24.8 Å². The molecule has 0 aliphatic heterocycles. The lowest BCUT2D eigenvalue weighted by Crippen LogP contribution is -2.34. The second-order valence-corrected chi connectivity index (χ2v) is 6.45. The number of carboxylic acid groups (broad SMARTS) is 1. The van der Waals surface area contributed by atoms with Gasteiger partial charge < -0.3 is 14.7 Å². The standard InChI is InChI=1S/C19H20ClNO4/c1-21(15-8-10-16(25-2)11-9-15)17(22)12-19(20,13-18(23)24)14-6-4-3-5-7-14/h3-11H,12-13H2,1-2H3,(H,23,24). The Morgan fingerprint density at radius 2 is 1.68 bits per heavy atom. The zero-order valence-corrected chi connectivity index (χ0v) is 14.9. The summed E-state index contributed by atoms with van der Waals surface area (Å²) in [6, 6.07) is 15.8. The summed E-state index contributed by atoms with van der Waals surface area (Å²) in [6.45, 7) is 0. The fraction of sp³-hybridized carbons (Fsp3) is 0.263. The van der Waals surface area contributed by atoms with Crippen LogP contribution in [-0.2, 0) is 14.5 Å². The highest BCUT2D eigenvalue weighted by atomic mass is 35.5. The Morgan fingerprint density at radius 1 is 1.08 bits per heavy atom. The number of alkyl halides is 1. The van der Waals surface area contributed by atoms with Crippen molar-refractivity contribution >= 4 is 29.2 Å². The molecule has 0 bridgehead atoms. The lowest BCUT2D eigenvalue weighted by molar-refractivity contribution is -0.138. The first-order valence-corrected chi connectivity index (χ1v) is 8.10. The average Bonchev–Trinajstić information content (AvgIpc) is 2.61. The number of anilines is 1. The van der Waals surface area contributed by atoms with Crippen LogP contribution in [0.15, 0.2) is 54.6 Å². The second kappa shape index (κ2) is 8.03. The first-order valence-electron chi connectivity index (χ1n) is 7.72. The molecule has 0 spiro atoms. The Hall–Kier alpha value is -2.53. The summed E-state index contributed by atoms with van der Waals surface area (Å²) >= 11 is 6.59. The Balaban J connectivity index is 2.22. The van der Waals surface area contributed by atoms with E-state index < -0.39 is 10.8 Å². The maximum atomic E-state index is 12.7. The fourth-order valence-electron chi connectivity index (χ4n) is 2.55.